The molecule has 3 nitrogen and oxygen atoms in total. The molecular formula is C14H32N2O. The first kappa shape index (κ1) is 16.9. The van der Waals surface area contributed by atoms with Gasteiger partial charge in [-0.05, 0) is 19.9 Å². The van der Waals surface area contributed by atoms with Crippen LogP contribution in [0.15, 0.2) is 0 Å². The highest BCUT2D eigenvalue weighted by Crippen LogP contribution is 2.45. The minimum Gasteiger partial charge on any atom is -0.396 e. The van der Waals surface area contributed by atoms with Crippen molar-refractivity contribution in [1.82, 2.24) is 9.80 Å². The van der Waals surface area contributed by atoms with E-state index in [-0.39, 0.29) is 0 Å². The zero-order chi connectivity index (χ0) is 13.3. The maximum atomic E-state index is 9.20. The molecule has 1 saturated heterocycles. The molecule has 1 heterocycles. The second kappa shape index (κ2) is 8.90. The van der Waals surface area contributed by atoms with Crippen LogP contribution in [0.3, 0.4) is 0 Å². The molecule has 2 aliphatic rings. The Morgan fingerprint density at radius 2 is 1.41 bits per heavy atom. The van der Waals surface area contributed by atoms with Gasteiger partial charge in [-0.1, -0.05) is 27.7 Å². The first-order valence-electron chi connectivity index (χ1n) is 7.26. The zero-order valence-electron chi connectivity index (χ0n) is 12.5. The minimum absolute atomic E-state index is 0.301. The molecule has 2 rings (SSSR count). The van der Waals surface area contributed by atoms with Crippen LogP contribution in [0.25, 0.3) is 0 Å². The molecule has 0 amide bonds. The predicted molar refractivity (Wildman–Crippen MR) is 75.4 cm³/mol. The van der Waals surface area contributed by atoms with E-state index in [0.717, 1.165) is 6.54 Å². The smallest absolute Gasteiger partial charge is 0.0499 e. The molecule has 0 atom stereocenters. The lowest BCUT2D eigenvalue weighted by atomic mass is 10.1. The molecule has 1 aliphatic heterocycles. The van der Waals surface area contributed by atoms with Crippen LogP contribution in [-0.2, 0) is 0 Å². The third-order valence-electron chi connectivity index (χ3n) is 3.45. The van der Waals surface area contributed by atoms with Gasteiger partial charge in [-0.15, -0.1) is 0 Å². The van der Waals surface area contributed by atoms with Crippen LogP contribution < -0.4 is 0 Å². The van der Waals surface area contributed by atoms with Crippen LogP contribution >= 0.6 is 0 Å². The Labute approximate surface area is 108 Å². The summed E-state index contributed by atoms with van der Waals surface area (Å²) in [5.74, 6) is 0. The molecule has 1 saturated carbocycles. The third-order valence-corrected chi connectivity index (χ3v) is 3.45. The number of likely N-dealkylation sites (N-methyl/N-ethyl adjacent to an activating group) is 1. The van der Waals surface area contributed by atoms with Crippen molar-refractivity contribution in [2.75, 3.05) is 46.4 Å². The number of piperazine rings is 1. The molecule has 0 bridgehead atoms. The fourth-order valence-electron chi connectivity index (χ4n) is 2.02. The number of aliphatic hydroxyl groups is 1. The molecule has 0 aromatic heterocycles. The molecule has 0 aromatic rings. The highest BCUT2D eigenvalue weighted by Gasteiger charge is 2.43. The molecule has 2 fully saturated rings. The van der Waals surface area contributed by atoms with Crippen LogP contribution in [0, 0.1) is 5.41 Å². The van der Waals surface area contributed by atoms with Crippen molar-refractivity contribution < 1.29 is 5.11 Å². The average molecular weight is 244 g/mol. The van der Waals surface area contributed by atoms with Crippen molar-refractivity contribution in [2.45, 2.75) is 40.5 Å². The fourth-order valence-corrected chi connectivity index (χ4v) is 2.02. The standard InChI is InChI=1S/C10H20N2O.2C2H6/c1-11-4-6-12(7-5-11)8-10(9-13)2-3-10;2*1-2/h13H,2-9H2,1H3;2*1-2H3. The molecular weight excluding hydrogens is 212 g/mol. The van der Waals surface area contributed by atoms with Crippen LogP contribution in [0.2, 0.25) is 0 Å². The van der Waals surface area contributed by atoms with E-state index in [2.05, 4.69) is 16.8 Å². The van der Waals surface area contributed by atoms with Crippen molar-refractivity contribution in [3.05, 3.63) is 0 Å². The van der Waals surface area contributed by atoms with Gasteiger partial charge >= 0.3 is 0 Å². The summed E-state index contributed by atoms with van der Waals surface area (Å²) in [5.41, 5.74) is 0.301. The van der Waals surface area contributed by atoms with Crippen molar-refractivity contribution in [2.24, 2.45) is 5.41 Å². The summed E-state index contributed by atoms with van der Waals surface area (Å²) in [4.78, 5) is 4.87. The second-order valence-electron chi connectivity index (χ2n) is 4.74. The van der Waals surface area contributed by atoms with Gasteiger partial charge in [0.2, 0.25) is 0 Å². The van der Waals surface area contributed by atoms with Crippen molar-refractivity contribution in [1.29, 1.82) is 0 Å². The molecule has 3 heteroatoms. The van der Waals surface area contributed by atoms with Crippen LogP contribution in [-0.4, -0.2) is 61.3 Å². The largest absolute Gasteiger partial charge is 0.396 e. The number of hydrogen-bond donors (Lipinski definition) is 1. The Kier molecular flexibility index (Phi) is 8.83. The molecule has 104 valence electrons. The van der Waals surface area contributed by atoms with Gasteiger partial charge in [-0.2, -0.15) is 0 Å². The lowest BCUT2D eigenvalue weighted by Gasteiger charge is -2.34. The van der Waals surface area contributed by atoms with Gasteiger partial charge in [0.25, 0.3) is 0 Å². The van der Waals surface area contributed by atoms with Crippen molar-refractivity contribution in [3.63, 3.8) is 0 Å². The maximum Gasteiger partial charge on any atom is 0.0499 e. The normalized spacial score (nSPS) is 22.9. The third kappa shape index (κ3) is 5.84. The van der Waals surface area contributed by atoms with E-state index in [1.807, 2.05) is 27.7 Å². The lowest BCUT2D eigenvalue weighted by molar-refractivity contribution is 0.104. The Hall–Kier alpha value is -0.120. The number of rotatable bonds is 3. The first-order chi connectivity index (χ1) is 8.24. The molecule has 0 unspecified atom stereocenters. The Morgan fingerprint density at radius 1 is 0.941 bits per heavy atom. The number of aliphatic hydroxyl groups excluding tert-OH is 1. The number of nitrogens with zero attached hydrogens (tertiary/aromatic N) is 2. The van der Waals surface area contributed by atoms with Crippen molar-refractivity contribution in [3.8, 4) is 0 Å². The summed E-state index contributed by atoms with van der Waals surface area (Å²) in [6.45, 7) is 14.2. The molecule has 1 N–H and O–H groups in total. The van der Waals surface area contributed by atoms with E-state index >= 15 is 0 Å². The fraction of sp³-hybridized carbons (Fsp3) is 1.00. The Balaban J connectivity index is 0.000000581. The lowest BCUT2D eigenvalue weighted by Crippen LogP contribution is -2.46. The monoisotopic (exact) mass is 244 g/mol. The van der Waals surface area contributed by atoms with Gasteiger partial charge in [-0.25, -0.2) is 0 Å². The maximum absolute atomic E-state index is 9.20. The van der Waals surface area contributed by atoms with Crippen LogP contribution in [0.4, 0.5) is 0 Å². The summed E-state index contributed by atoms with van der Waals surface area (Å²) in [6.07, 6.45) is 2.46. The summed E-state index contributed by atoms with van der Waals surface area (Å²) < 4.78 is 0. The topological polar surface area (TPSA) is 26.7 Å². The minimum atomic E-state index is 0.301. The number of hydrogen-bond acceptors (Lipinski definition) is 3. The van der Waals surface area contributed by atoms with E-state index in [9.17, 15) is 5.11 Å². The van der Waals surface area contributed by atoms with Gasteiger partial charge < -0.3 is 14.9 Å². The zero-order valence-corrected chi connectivity index (χ0v) is 12.5. The van der Waals surface area contributed by atoms with E-state index in [1.54, 1.807) is 0 Å². The second-order valence-corrected chi connectivity index (χ2v) is 4.74. The molecule has 0 spiro atoms. The van der Waals surface area contributed by atoms with Gasteiger partial charge in [0.1, 0.15) is 0 Å². The first-order valence-corrected chi connectivity index (χ1v) is 7.26. The highest BCUT2D eigenvalue weighted by molar-refractivity contribution is 4.95. The molecule has 0 aromatic carbocycles. The Morgan fingerprint density at radius 3 is 1.76 bits per heavy atom. The van der Waals surface area contributed by atoms with Gasteiger partial charge in [0.15, 0.2) is 0 Å². The summed E-state index contributed by atoms with van der Waals surface area (Å²) in [7, 11) is 2.18. The predicted octanol–water partition coefficient (Wildman–Crippen LogP) is 2.06. The summed E-state index contributed by atoms with van der Waals surface area (Å²) in [6, 6.07) is 0. The average Bonchev–Trinajstić information content (AvgIpc) is 3.18. The summed E-state index contributed by atoms with van der Waals surface area (Å²) >= 11 is 0. The van der Waals surface area contributed by atoms with Gasteiger partial charge in [0, 0.05) is 44.7 Å². The summed E-state index contributed by atoms with van der Waals surface area (Å²) in [5, 5.41) is 9.20. The molecule has 0 radical (unpaired) electrons. The van der Waals surface area contributed by atoms with E-state index in [4.69, 9.17) is 0 Å². The SMILES string of the molecule is CC.CC.CN1CCN(CC2(CO)CC2)CC1. The molecule has 1 aliphatic carbocycles. The van der Waals surface area contributed by atoms with E-state index < -0.39 is 0 Å². The van der Waals surface area contributed by atoms with Crippen LogP contribution in [0.5, 0.6) is 0 Å². The quantitative estimate of drug-likeness (QED) is 0.823. The Bertz CT molecular complexity index is 173. The highest BCUT2D eigenvalue weighted by atomic mass is 16.3. The van der Waals surface area contributed by atoms with Gasteiger partial charge in [0.05, 0.1) is 0 Å². The van der Waals surface area contributed by atoms with E-state index in [1.165, 1.54) is 39.0 Å². The molecule has 17 heavy (non-hydrogen) atoms. The van der Waals surface area contributed by atoms with Gasteiger partial charge in [-0.3, -0.25) is 0 Å². The van der Waals surface area contributed by atoms with E-state index in [0.29, 0.717) is 12.0 Å². The van der Waals surface area contributed by atoms with Crippen LogP contribution in [0.1, 0.15) is 40.5 Å². The van der Waals surface area contributed by atoms with Crippen molar-refractivity contribution >= 4 is 0 Å².